The largest absolute Gasteiger partial charge is 0.364 e. The Balaban J connectivity index is 1.74. The van der Waals surface area contributed by atoms with Gasteiger partial charge in [0.15, 0.2) is 5.82 Å². The first-order valence-corrected chi connectivity index (χ1v) is 9.71. The van der Waals surface area contributed by atoms with Gasteiger partial charge < -0.3 is 9.64 Å². The number of nitrogens with one attached hydrogen (secondary N) is 1. The Kier molecular flexibility index (Phi) is 6.07. The van der Waals surface area contributed by atoms with Gasteiger partial charge in [-0.1, -0.05) is 6.07 Å². The molecule has 0 aliphatic heterocycles. The predicted molar refractivity (Wildman–Crippen MR) is 109 cm³/mol. The van der Waals surface area contributed by atoms with Crippen LogP contribution in [-0.2, 0) is 17.6 Å². The fourth-order valence-electron chi connectivity index (χ4n) is 3.20. The Morgan fingerprint density at radius 2 is 2.04 bits per heavy atom. The minimum atomic E-state index is 0.0643. The highest BCUT2D eigenvalue weighted by molar-refractivity contribution is 5.60. The molecule has 6 heteroatoms. The summed E-state index contributed by atoms with van der Waals surface area (Å²) in [5, 5.41) is 3.34. The van der Waals surface area contributed by atoms with Gasteiger partial charge in [-0.2, -0.15) is 0 Å². The Morgan fingerprint density at radius 3 is 2.78 bits per heavy atom. The van der Waals surface area contributed by atoms with E-state index in [1.165, 1.54) is 11.3 Å². The average molecular weight is 370 g/mol. The summed E-state index contributed by atoms with van der Waals surface area (Å²) in [5.74, 6) is 1.75. The van der Waals surface area contributed by atoms with E-state index in [2.05, 4.69) is 56.0 Å². The van der Waals surface area contributed by atoms with Crippen molar-refractivity contribution in [2.45, 2.75) is 52.5 Å². The number of aryl methyl sites for hydroxylation is 2. The Morgan fingerprint density at radius 1 is 1.22 bits per heavy atom. The number of nitrogens with zero attached hydrogens (tertiary/aromatic N) is 4. The Bertz CT molecular complexity index is 785. The van der Waals surface area contributed by atoms with Crippen LogP contribution in [0.3, 0.4) is 0 Å². The van der Waals surface area contributed by atoms with Crippen molar-refractivity contribution in [3.05, 3.63) is 35.2 Å². The van der Waals surface area contributed by atoms with E-state index in [9.17, 15) is 0 Å². The van der Waals surface area contributed by atoms with Gasteiger partial charge in [0, 0.05) is 36.6 Å². The second-order valence-corrected chi connectivity index (χ2v) is 8.22. The van der Waals surface area contributed by atoms with Gasteiger partial charge in [-0.15, -0.1) is 0 Å². The molecule has 0 aromatic carbocycles. The second-order valence-electron chi connectivity index (χ2n) is 8.22. The minimum absolute atomic E-state index is 0.0643. The summed E-state index contributed by atoms with van der Waals surface area (Å²) in [6.07, 6.45) is 5.01. The molecule has 0 bridgehead atoms. The number of anilines is 1. The van der Waals surface area contributed by atoms with E-state index in [1.807, 2.05) is 6.07 Å². The summed E-state index contributed by atoms with van der Waals surface area (Å²) in [5.41, 5.74) is 4.48. The third-order valence-corrected chi connectivity index (χ3v) is 4.77. The van der Waals surface area contributed by atoms with Crippen LogP contribution >= 0.6 is 0 Å². The number of likely N-dealkylation sites (N-methyl/N-ethyl adjacent to an activating group) is 1. The van der Waals surface area contributed by atoms with E-state index in [0.717, 1.165) is 48.7 Å². The smallest absolute Gasteiger partial charge is 0.180 e. The Labute approximate surface area is 162 Å². The number of hydrogen-bond donors (Lipinski definition) is 1. The van der Waals surface area contributed by atoms with Gasteiger partial charge in [-0.05, 0) is 58.6 Å². The number of aromatic nitrogens is 3. The number of fused-ring (bicyclic) bond motifs is 1. The summed E-state index contributed by atoms with van der Waals surface area (Å²) < 4.78 is 5.75. The molecule has 0 unspecified atom stereocenters. The molecule has 1 aliphatic rings. The monoisotopic (exact) mass is 369 g/mol. The molecule has 2 aromatic heterocycles. The van der Waals surface area contributed by atoms with Crippen molar-refractivity contribution in [2.75, 3.05) is 31.8 Å². The molecular weight excluding hydrogens is 338 g/mol. The molecule has 1 aliphatic carbocycles. The summed E-state index contributed by atoms with van der Waals surface area (Å²) in [7, 11) is 2.08. The summed E-state index contributed by atoms with van der Waals surface area (Å²) >= 11 is 0. The molecule has 2 heterocycles. The number of rotatable bonds is 7. The maximum atomic E-state index is 5.75. The standard InChI is InChI=1S/C21H31N5O/c1-15-8-7-11-22-18(15)19-24-17-10-6-9-16(17)20(25-19)26(5)12-13-27-14-23-21(2,3)4/h7-8,11,23H,6,9-10,12-14H2,1-5H3. The van der Waals surface area contributed by atoms with Gasteiger partial charge in [0.2, 0.25) is 0 Å². The minimum Gasteiger partial charge on any atom is -0.364 e. The van der Waals surface area contributed by atoms with Crippen molar-refractivity contribution in [3.63, 3.8) is 0 Å². The first kappa shape index (κ1) is 19.7. The van der Waals surface area contributed by atoms with E-state index in [-0.39, 0.29) is 5.54 Å². The number of ether oxygens (including phenoxy) is 1. The quantitative estimate of drug-likeness (QED) is 0.598. The highest BCUT2D eigenvalue weighted by Gasteiger charge is 2.23. The van der Waals surface area contributed by atoms with E-state index in [4.69, 9.17) is 14.7 Å². The lowest BCUT2D eigenvalue weighted by Crippen LogP contribution is -2.38. The summed E-state index contributed by atoms with van der Waals surface area (Å²) in [6, 6.07) is 4.00. The molecule has 0 saturated heterocycles. The summed E-state index contributed by atoms with van der Waals surface area (Å²) in [6.45, 7) is 10.4. The average Bonchev–Trinajstić information content (AvgIpc) is 3.08. The molecule has 0 fully saturated rings. The normalized spacial score (nSPS) is 13.7. The lowest BCUT2D eigenvalue weighted by Gasteiger charge is -2.23. The topological polar surface area (TPSA) is 63.2 Å². The van der Waals surface area contributed by atoms with Crippen molar-refractivity contribution >= 4 is 5.82 Å². The molecule has 2 aromatic rings. The molecule has 146 valence electrons. The van der Waals surface area contributed by atoms with Crippen molar-refractivity contribution in [2.24, 2.45) is 0 Å². The van der Waals surface area contributed by atoms with Gasteiger partial charge >= 0.3 is 0 Å². The van der Waals surface area contributed by atoms with Crippen LogP contribution in [0.15, 0.2) is 18.3 Å². The molecule has 3 rings (SSSR count). The van der Waals surface area contributed by atoms with Crippen molar-refractivity contribution in [1.29, 1.82) is 0 Å². The van der Waals surface area contributed by atoms with Gasteiger partial charge in [0.05, 0.1) is 13.3 Å². The molecule has 0 atom stereocenters. The molecule has 0 spiro atoms. The van der Waals surface area contributed by atoms with Gasteiger partial charge in [0.1, 0.15) is 11.5 Å². The SMILES string of the molecule is Cc1cccnc1-c1nc2c(c(N(C)CCOCNC(C)(C)C)n1)CCC2. The van der Waals surface area contributed by atoms with Crippen LogP contribution in [0.4, 0.5) is 5.82 Å². The van der Waals surface area contributed by atoms with E-state index in [1.54, 1.807) is 6.20 Å². The summed E-state index contributed by atoms with van der Waals surface area (Å²) in [4.78, 5) is 16.4. The maximum absolute atomic E-state index is 5.75. The van der Waals surface area contributed by atoms with Crippen LogP contribution in [0.2, 0.25) is 0 Å². The van der Waals surface area contributed by atoms with Crippen LogP contribution < -0.4 is 10.2 Å². The third kappa shape index (κ3) is 5.02. The molecule has 1 N–H and O–H groups in total. The van der Waals surface area contributed by atoms with Crippen molar-refractivity contribution < 1.29 is 4.74 Å². The highest BCUT2D eigenvalue weighted by Crippen LogP contribution is 2.31. The third-order valence-electron chi connectivity index (χ3n) is 4.77. The van der Waals surface area contributed by atoms with Crippen LogP contribution in [0.1, 0.15) is 44.0 Å². The van der Waals surface area contributed by atoms with E-state index < -0.39 is 0 Å². The first-order valence-electron chi connectivity index (χ1n) is 9.71. The second kappa shape index (κ2) is 8.31. The van der Waals surface area contributed by atoms with Crippen molar-refractivity contribution in [3.8, 4) is 11.5 Å². The highest BCUT2D eigenvalue weighted by atomic mass is 16.5. The van der Waals surface area contributed by atoms with Crippen LogP contribution in [0.25, 0.3) is 11.5 Å². The fourth-order valence-corrected chi connectivity index (χ4v) is 3.20. The lowest BCUT2D eigenvalue weighted by atomic mass is 10.1. The first-order chi connectivity index (χ1) is 12.8. The molecule has 6 nitrogen and oxygen atoms in total. The molecule has 0 saturated carbocycles. The molecule has 0 radical (unpaired) electrons. The molecular formula is C21H31N5O. The lowest BCUT2D eigenvalue weighted by molar-refractivity contribution is 0.104. The van der Waals surface area contributed by atoms with E-state index in [0.29, 0.717) is 13.3 Å². The van der Waals surface area contributed by atoms with Gasteiger partial charge in [-0.3, -0.25) is 10.3 Å². The zero-order valence-corrected chi connectivity index (χ0v) is 17.2. The zero-order valence-electron chi connectivity index (χ0n) is 17.2. The van der Waals surface area contributed by atoms with E-state index >= 15 is 0 Å². The van der Waals surface area contributed by atoms with Gasteiger partial charge in [-0.25, -0.2) is 9.97 Å². The maximum Gasteiger partial charge on any atom is 0.180 e. The number of hydrogen-bond acceptors (Lipinski definition) is 6. The fraction of sp³-hybridized carbons (Fsp3) is 0.571. The molecule has 27 heavy (non-hydrogen) atoms. The molecule has 0 amide bonds. The van der Waals surface area contributed by atoms with Crippen LogP contribution in [0.5, 0.6) is 0 Å². The van der Waals surface area contributed by atoms with Crippen LogP contribution in [0, 0.1) is 6.92 Å². The zero-order chi connectivity index (χ0) is 19.4. The Hall–Kier alpha value is -2.05. The predicted octanol–water partition coefficient (Wildman–Crippen LogP) is 3.13. The van der Waals surface area contributed by atoms with Gasteiger partial charge in [0.25, 0.3) is 0 Å². The van der Waals surface area contributed by atoms with Crippen LogP contribution in [-0.4, -0.2) is 47.4 Å². The van der Waals surface area contributed by atoms with Crippen molar-refractivity contribution in [1.82, 2.24) is 20.3 Å². The number of pyridine rings is 1.